The van der Waals surface area contributed by atoms with Gasteiger partial charge in [-0.3, -0.25) is 9.69 Å². The number of hydrogen-bond acceptors (Lipinski definition) is 3. The standard InChI is InChI=1S/C14H18N2O2/c1-2-16(9-3-8-15)11-13-6-4-12(5-7-13)10-14(17)18/h4-7H,2-3,9-11H2,1H3,(H,17,18). The Bertz CT molecular complexity index is 420. The van der Waals surface area contributed by atoms with Gasteiger partial charge in [-0.05, 0) is 17.7 Å². The molecule has 4 nitrogen and oxygen atoms in total. The van der Waals surface area contributed by atoms with Gasteiger partial charge in [0.2, 0.25) is 0 Å². The molecule has 0 heterocycles. The molecule has 0 bridgehead atoms. The van der Waals surface area contributed by atoms with Crippen molar-refractivity contribution in [1.29, 1.82) is 5.26 Å². The summed E-state index contributed by atoms with van der Waals surface area (Å²) in [6.07, 6.45) is 0.594. The summed E-state index contributed by atoms with van der Waals surface area (Å²) in [5.74, 6) is -0.813. The maximum Gasteiger partial charge on any atom is 0.307 e. The maximum atomic E-state index is 10.6. The lowest BCUT2D eigenvalue weighted by molar-refractivity contribution is -0.136. The molecule has 0 amide bonds. The van der Waals surface area contributed by atoms with Gasteiger partial charge in [-0.2, -0.15) is 5.26 Å². The predicted molar refractivity (Wildman–Crippen MR) is 69.0 cm³/mol. The van der Waals surface area contributed by atoms with Gasteiger partial charge in [0.1, 0.15) is 0 Å². The molecule has 0 radical (unpaired) electrons. The van der Waals surface area contributed by atoms with Crippen molar-refractivity contribution in [1.82, 2.24) is 4.90 Å². The Labute approximate surface area is 107 Å². The zero-order valence-electron chi connectivity index (χ0n) is 10.6. The Morgan fingerprint density at radius 3 is 2.44 bits per heavy atom. The maximum absolute atomic E-state index is 10.6. The SMILES string of the molecule is CCN(CCC#N)Cc1ccc(CC(=O)O)cc1. The van der Waals surface area contributed by atoms with Gasteiger partial charge >= 0.3 is 5.97 Å². The molecule has 1 N–H and O–H groups in total. The monoisotopic (exact) mass is 246 g/mol. The van der Waals surface area contributed by atoms with E-state index in [1.165, 1.54) is 0 Å². The number of carboxylic acid groups (broad SMARTS) is 1. The van der Waals surface area contributed by atoms with Gasteiger partial charge in [0.15, 0.2) is 0 Å². The Balaban J connectivity index is 2.56. The highest BCUT2D eigenvalue weighted by Gasteiger charge is 2.04. The predicted octanol–water partition coefficient (Wildman–Crippen LogP) is 2.05. The molecule has 0 aliphatic rings. The first-order valence-electron chi connectivity index (χ1n) is 6.04. The first kappa shape index (κ1) is 14.2. The second kappa shape index (κ2) is 7.46. The molecule has 0 aromatic heterocycles. The van der Waals surface area contributed by atoms with Gasteiger partial charge in [0.05, 0.1) is 12.5 Å². The van der Waals surface area contributed by atoms with Crippen LogP contribution in [0.1, 0.15) is 24.5 Å². The minimum absolute atomic E-state index is 0.0617. The average molecular weight is 246 g/mol. The zero-order valence-corrected chi connectivity index (χ0v) is 10.6. The van der Waals surface area contributed by atoms with E-state index in [1.54, 1.807) is 0 Å². The summed E-state index contributed by atoms with van der Waals surface area (Å²) in [5.41, 5.74) is 1.95. The molecule has 0 spiro atoms. The van der Waals surface area contributed by atoms with Crippen molar-refractivity contribution in [2.45, 2.75) is 26.3 Å². The van der Waals surface area contributed by atoms with Gasteiger partial charge in [0, 0.05) is 19.5 Å². The third-order valence-corrected chi connectivity index (χ3v) is 2.77. The number of carboxylic acids is 1. The number of hydrogen-bond donors (Lipinski definition) is 1. The number of nitrogens with zero attached hydrogens (tertiary/aromatic N) is 2. The summed E-state index contributed by atoms with van der Waals surface area (Å²) >= 11 is 0. The lowest BCUT2D eigenvalue weighted by Crippen LogP contribution is -2.23. The minimum atomic E-state index is -0.813. The molecule has 0 aliphatic heterocycles. The van der Waals surface area contributed by atoms with Crippen molar-refractivity contribution >= 4 is 5.97 Å². The van der Waals surface area contributed by atoms with E-state index in [0.29, 0.717) is 6.42 Å². The first-order valence-corrected chi connectivity index (χ1v) is 6.04. The summed E-state index contributed by atoms with van der Waals surface area (Å²) < 4.78 is 0. The molecule has 18 heavy (non-hydrogen) atoms. The molecule has 0 saturated carbocycles. The molecule has 1 aromatic rings. The fourth-order valence-electron chi connectivity index (χ4n) is 1.75. The quantitative estimate of drug-likeness (QED) is 0.799. The van der Waals surface area contributed by atoms with Crippen LogP contribution in [0.3, 0.4) is 0 Å². The lowest BCUT2D eigenvalue weighted by atomic mass is 10.1. The smallest absolute Gasteiger partial charge is 0.307 e. The van der Waals surface area contributed by atoms with Crippen LogP contribution in [0, 0.1) is 11.3 Å². The van der Waals surface area contributed by atoms with Gasteiger partial charge in [-0.1, -0.05) is 31.2 Å². The van der Waals surface area contributed by atoms with E-state index in [9.17, 15) is 4.79 Å². The van der Waals surface area contributed by atoms with Crippen LogP contribution in [0.4, 0.5) is 0 Å². The van der Waals surface area contributed by atoms with E-state index in [0.717, 1.165) is 30.8 Å². The highest BCUT2D eigenvalue weighted by atomic mass is 16.4. The Morgan fingerprint density at radius 2 is 1.94 bits per heavy atom. The molecular formula is C14H18N2O2. The van der Waals surface area contributed by atoms with Crippen molar-refractivity contribution < 1.29 is 9.90 Å². The van der Waals surface area contributed by atoms with Crippen molar-refractivity contribution in [2.75, 3.05) is 13.1 Å². The minimum Gasteiger partial charge on any atom is -0.481 e. The Kier molecular flexibility index (Phi) is 5.89. The van der Waals surface area contributed by atoms with Crippen LogP contribution in [0.25, 0.3) is 0 Å². The molecular weight excluding hydrogens is 228 g/mol. The fourth-order valence-corrected chi connectivity index (χ4v) is 1.75. The second-order valence-corrected chi connectivity index (χ2v) is 4.16. The van der Waals surface area contributed by atoms with Crippen molar-refractivity contribution in [2.24, 2.45) is 0 Å². The van der Waals surface area contributed by atoms with Crippen LogP contribution < -0.4 is 0 Å². The van der Waals surface area contributed by atoms with Crippen LogP contribution >= 0.6 is 0 Å². The third-order valence-electron chi connectivity index (χ3n) is 2.77. The largest absolute Gasteiger partial charge is 0.481 e. The van der Waals surface area contributed by atoms with E-state index >= 15 is 0 Å². The fraction of sp³-hybridized carbons (Fsp3) is 0.429. The summed E-state index contributed by atoms with van der Waals surface area (Å²) in [5, 5.41) is 17.2. The van der Waals surface area contributed by atoms with Gasteiger partial charge in [-0.15, -0.1) is 0 Å². The number of carbonyl (C=O) groups is 1. The molecule has 0 fully saturated rings. The molecule has 4 heteroatoms. The molecule has 0 unspecified atom stereocenters. The first-order chi connectivity index (χ1) is 8.65. The molecule has 1 aromatic carbocycles. The van der Waals surface area contributed by atoms with E-state index in [1.807, 2.05) is 24.3 Å². The topological polar surface area (TPSA) is 64.3 Å². The highest BCUT2D eigenvalue weighted by Crippen LogP contribution is 2.08. The van der Waals surface area contributed by atoms with Gasteiger partial charge < -0.3 is 5.11 Å². The highest BCUT2D eigenvalue weighted by molar-refractivity contribution is 5.70. The van der Waals surface area contributed by atoms with E-state index in [-0.39, 0.29) is 6.42 Å². The Hall–Kier alpha value is -1.86. The molecule has 96 valence electrons. The summed E-state index contributed by atoms with van der Waals surface area (Å²) in [4.78, 5) is 12.7. The Morgan fingerprint density at radius 1 is 1.33 bits per heavy atom. The van der Waals surface area contributed by atoms with Crippen molar-refractivity contribution in [3.05, 3.63) is 35.4 Å². The van der Waals surface area contributed by atoms with Crippen LogP contribution in [0.2, 0.25) is 0 Å². The van der Waals surface area contributed by atoms with Crippen molar-refractivity contribution in [3.8, 4) is 6.07 Å². The van der Waals surface area contributed by atoms with Crippen LogP contribution in [-0.4, -0.2) is 29.1 Å². The lowest BCUT2D eigenvalue weighted by Gasteiger charge is -2.18. The molecule has 1 rings (SSSR count). The number of nitriles is 1. The van der Waals surface area contributed by atoms with Crippen LogP contribution in [0.5, 0.6) is 0 Å². The van der Waals surface area contributed by atoms with Gasteiger partial charge in [-0.25, -0.2) is 0 Å². The molecule has 0 aliphatic carbocycles. The van der Waals surface area contributed by atoms with E-state index in [2.05, 4.69) is 17.9 Å². The molecule has 0 saturated heterocycles. The number of benzene rings is 1. The van der Waals surface area contributed by atoms with Crippen LogP contribution in [0.15, 0.2) is 24.3 Å². The number of rotatable bonds is 7. The van der Waals surface area contributed by atoms with E-state index < -0.39 is 5.97 Å². The third kappa shape index (κ3) is 4.98. The van der Waals surface area contributed by atoms with E-state index in [4.69, 9.17) is 10.4 Å². The normalized spacial score (nSPS) is 10.3. The summed E-state index contributed by atoms with van der Waals surface area (Å²) in [6, 6.07) is 9.74. The summed E-state index contributed by atoms with van der Waals surface area (Å²) in [6.45, 7) is 4.53. The van der Waals surface area contributed by atoms with Crippen LogP contribution in [-0.2, 0) is 17.8 Å². The second-order valence-electron chi connectivity index (χ2n) is 4.16. The summed E-state index contributed by atoms with van der Waals surface area (Å²) in [7, 11) is 0. The van der Waals surface area contributed by atoms with Crippen molar-refractivity contribution in [3.63, 3.8) is 0 Å². The average Bonchev–Trinajstić information content (AvgIpc) is 2.36. The number of aliphatic carboxylic acids is 1. The molecule has 0 atom stereocenters. The van der Waals surface area contributed by atoms with Gasteiger partial charge in [0.25, 0.3) is 0 Å². The zero-order chi connectivity index (χ0) is 13.4.